The summed E-state index contributed by atoms with van der Waals surface area (Å²) in [6, 6.07) is 3.91. The highest BCUT2D eigenvalue weighted by molar-refractivity contribution is 9.10. The summed E-state index contributed by atoms with van der Waals surface area (Å²) in [6.07, 6.45) is 2.28. The molecular formula is C15H16BrN3. The van der Waals surface area contributed by atoms with Crippen molar-refractivity contribution < 1.29 is 0 Å². The number of amidine groups is 2. The van der Waals surface area contributed by atoms with E-state index in [-0.39, 0.29) is 0 Å². The second kappa shape index (κ2) is 5.58. The summed E-state index contributed by atoms with van der Waals surface area (Å²) in [5, 5.41) is 15.9. The molecule has 0 saturated carbocycles. The second-order valence-corrected chi connectivity index (χ2v) is 5.30. The molecule has 1 aromatic carbocycles. The topological polar surface area (TPSA) is 50.9 Å². The number of hydrogen-bond donors (Lipinski definition) is 2. The van der Waals surface area contributed by atoms with Crippen LogP contribution in [-0.2, 0) is 6.42 Å². The van der Waals surface area contributed by atoms with E-state index in [0.717, 1.165) is 34.1 Å². The number of anilines is 1. The van der Waals surface area contributed by atoms with Crippen molar-refractivity contribution >= 4 is 33.3 Å². The number of hydrogen-bond acceptors (Lipinski definition) is 2. The van der Waals surface area contributed by atoms with Gasteiger partial charge in [-0.15, -0.1) is 0 Å². The number of rotatable bonds is 0. The highest BCUT2D eigenvalue weighted by Crippen LogP contribution is 2.34. The van der Waals surface area contributed by atoms with Crippen LogP contribution >= 0.6 is 15.9 Å². The van der Waals surface area contributed by atoms with E-state index in [1.807, 2.05) is 19.1 Å². The van der Waals surface area contributed by atoms with Crippen LogP contribution in [0.2, 0.25) is 0 Å². The monoisotopic (exact) mass is 317 g/mol. The molecule has 1 aromatic rings. The van der Waals surface area contributed by atoms with E-state index in [0.29, 0.717) is 18.1 Å². The van der Waals surface area contributed by atoms with Gasteiger partial charge < -0.3 is 0 Å². The first-order valence-electron chi connectivity index (χ1n) is 6.29. The molecule has 4 heteroatoms. The third kappa shape index (κ3) is 2.57. The Morgan fingerprint density at radius 3 is 2.79 bits per heavy atom. The molecule has 0 atom stereocenters. The Balaban J connectivity index is 2.62. The first-order chi connectivity index (χ1) is 9.06. The summed E-state index contributed by atoms with van der Waals surface area (Å²) >= 11 is 3.55. The molecule has 2 N–H and O–H groups in total. The quantitative estimate of drug-likeness (QED) is 0.425. The van der Waals surface area contributed by atoms with Crippen LogP contribution in [0.5, 0.6) is 0 Å². The fourth-order valence-corrected chi connectivity index (χ4v) is 2.74. The number of halogens is 1. The highest BCUT2D eigenvalue weighted by atomic mass is 79.9. The van der Waals surface area contributed by atoms with Crippen molar-refractivity contribution in [3.63, 3.8) is 0 Å². The molecule has 0 unspecified atom stereocenters. The van der Waals surface area contributed by atoms with Crippen LogP contribution in [0.15, 0.2) is 16.6 Å². The second-order valence-electron chi connectivity index (χ2n) is 4.44. The molecule has 3 nitrogen and oxygen atoms in total. The fourth-order valence-electron chi connectivity index (χ4n) is 2.27. The van der Waals surface area contributed by atoms with Crippen LogP contribution in [0, 0.1) is 22.7 Å². The van der Waals surface area contributed by atoms with Crippen molar-refractivity contribution in [2.24, 2.45) is 0 Å². The maximum Gasteiger partial charge on any atom is 0.106 e. The van der Waals surface area contributed by atoms with Crippen molar-refractivity contribution in [3.8, 4) is 11.8 Å². The van der Waals surface area contributed by atoms with Crippen molar-refractivity contribution in [3.05, 3.63) is 27.7 Å². The average Bonchev–Trinajstić information content (AvgIpc) is 2.37. The predicted octanol–water partition coefficient (Wildman–Crippen LogP) is 3.94. The molecule has 1 aliphatic heterocycles. The third-order valence-corrected chi connectivity index (χ3v) is 3.75. The van der Waals surface area contributed by atoms with Crippen molar-refractivity contribution in [2.75, 3.05) is 4.90 Å². The normalized spacial score (nSPS) is 13.6. The number of fused-ring (bicyclic) bond motifs is 1. The van der Waals surface area contributed by atoms with Crippen LogP contribution in [0.3, 0.4) is 0 Å². The molecule has 0 bridgehead atoms. The Morgan fingerprint density at radius 1 is 1.42 bits per heavy atom. The number of benzene rings is 1. The van der Waals surface area contributed by atoms with Gasteiger partial charge in [0, 0.05) is 22.9 Å². The van der Waals surface area contributed by atoms with E-state index < -0.39 is 0 Å². The van der Waals surface area contributed by atoms with Crippen LogP contribution in [0.25, 0.3) is 0 Å². The van der Waals surface area contributed by atoms with Gasteiger partial charge in [-0.1, -0.05) is 18.8 Å². The molecule has 0 spiro atoms. The minimum atomic E-state index is 0.377. The molecule has 0 radical (unpaired) electrons. The molecule has 98 valence electrons. The number of nitrogens with zero attached hydrogens (tertiary/aromatic N) is 1. The van der Waals surface area contributed by atoms with Crippen molar-refractivity contribution in [1.29, 1.82) is 10.8 Å². The van der Waals surface area contributed by atoms with Gasteiger partial charge in [0.15, 0.2) is 0 Å². The molecule has 0 aliphatic carbocycles. The van der Waals surface area contributed by atoms with Gasteiger partial charge in [-0.05, 0) is 47.0 Å². The molecule has 1 aliphatic rings. The van der Waals surface area contributed by atoms with E-state index in [9.17, 15) is 0 Å². The smallest absolute Gasteiger partial charge is 0.106 e. The zero-order valence-corrected chi connectivity index (χ0v) is 12.7. The lowest BCUT2D eigenvalue weighted by atomic mass is 9.95. The lowest BCUT2D eigenvalue weighted by molar-refractivity contribution is 0.962. The summed E-state index contributed by atoms with van der Waals surface area (Å²) in [7, 11) is 0. The van der Waals surface area contributed by atoms with Gasteiger partial charge in [0.05, 0.1) is 5.69 Å². The van der Waals surface area contributed by atoms with E-state index in [1.165, 1.54) is 0 Å². The molecule has 0 aromatic heterocycles. The van der Waals surface area contributed by atoms with Gasteiger partial charge in [-0.2, -0.15) is 0 Å². The summed E-state index contributed by atoms with van der Waals surface area (Å²) < 4.78 is 0.989. The maximum absolute atomic E-state index is 8.01. The maximum atomic E-state index is 8.01. The molecule has 0 saturated heterocycles. The summed E-state index contributed by atoms with van der Waals surface area (Å²) in [5.74, 6) is 7.17. The molecule has 0 fully saturated rings. The van der Waals surface area contributed by atoms with Gasteiger partial charge >= 0.3 is 0 Å². The third-order valence-electron chi connectivity index (χ3n) is 3.09. The summed E-state index contributed by atoms with van der Waals surface area (Å²) in [4.78, 5) is 1.70. The Hall–Kier alpha value is -1.60. The predicted molar refractivity (Wildman–Crippen MR) is 83.2 cm³/mol. The van der Waals surface area contributed by atoms with Crippen molar-refractivity contribution in [1.82, 2.24) is 0 Å². The summed E-state index contributed by atoms with van der Waals surface area (Å²) in [6.45, 7) is 3.74. The largest absolute Gasteiger partial charge is 0.288 e. The SMILES string of the molecule is CCC#Cc1c(Br)ccc2c1CCC(=N)N2C(C)=N. The average molecular weight is 318 g/mol. The minimum absolute atomic E-state index is 0.377. The van der Waals surface area contributed by atoms with Crippen LogP contribution in [0.1, 0.15) is 37.8 Å². The summed E-state index contributed by atoms with van der Waals surface area (Å²) in [5.41, 5.74) is 3.06. The van der Waals surface area contributed by atoms with Crippen LogP contribution in [-0.4, -0.2) is 11.7 Å². The minimum Gasteiger partial charge on any atom is -0.288 e. The Kier molecular flexibility index (Phi) is 4.06. The standard InChI is InChI=1S/C15H16BrN3/c1-3-4-5-11-12-6-9-15(18)19(10(2)17)14(12)8-7-13(11)16/h7-8,17-18H,3,6,9H2,1-2H3. The number of nitrogens with one attached hydrogen (secondary N) is 2. The Morgan fingerprint density at radius 2 is 2.16 bits per heavy atom. The Labute approximate surface area is 122 Å². The van der Waals surface area contributed by atoms with E-state index in [1.54, 1.807) is 11.8 Å². The fraction of sp³-hybridized carbons (Fsp3) is 0.333. The van der Waals surface area contributed by atoms with E-state index in [2.05, 4.69) is 27.8 Å². The van der Waals surface area contributed by atoms with Gasteiger partial charge in [0.2, 0.25) is 0 Å². The van der Waals surface area contributed by atoms with Gasteiger partial charge in [-0.3, -0.25) is 15.7 Å². The van der Waals surface area contributed by atoms with Gasteiger partial charge in [-0.25, -0.2) is 0 Å². The molecular weight excluding hydrogens is 302 g/mol. The molecule has 2 rings (SSSR count). The van der Waals surface area contributed by atoms with Gasteiger partial charge in [0.1, 0.15) is 11.7 Å². The highest BCUT2D eigenvalue weighted by Gasteiger charge is 2.25. The zero-order chi connectivity index (χ0) is 14.0. The van der Waals surface area contributed by atoms with Gasteiger partial charge in [0.25, 0.3) is 0 Å². The lowest BCUT2D eigenvalue weighted by Crippen LogP contribution is -2.38. The first kappa shape index (κ1) is 13.8. The lowest BCUT2D eigenvalue weighted by Gasteiger charge is -2.31. The zero-order valence-electron chi connectivity index (χ0n) is 11.1. The van der Waals surface area contributed by atoms with Crippen LogP contribution in [0.4, 0.5) is 5.69 Å². The van der Waals surface area contributed by atoms with Crippen molar-refractivity contribution in [2.45, 2.75) is 33.1 Å². The van der Waals surface area contributed by atoms with E-state index in [4.69, 9.17) is 10.8 Å². The van der Waals surface area contributed by atoms with Crippen LogP contribution < -0.4 is 4.90 Å². The van der Waals surface area contributed by atoms with E-state index >= 15 is 0 Å². The Bertz CT molecular complexity index is 608. The molecule has 19 heavy (non-hydrogen) atoms. The first-order valence-corrected chi connectivity index (χ1v) is 7.08. The molecule has 0 amide bonds. The molecule has 1 heterocycles.